The van der Waals surface area contributed by atoms with E-state index in [4.69, 9.17) is 16.3 Å². The molecular formula is C13H13ClN2O3. The van der Waals surface area contributed by atoms with E-state index >= 15 is 0 Å². The zero-order valence-electron chi connectivity index (χ0n) is 10.5. The highest BCUT2D eigenvalue weighted by atomic mass is 35.5. The molecule has 1 aromatic carbocycles. The molecular weight excluding hydrogens is 268 g/mol. The smallest absolute Gasteiger partial charge is 0.334 e. The summed E-state index contributed by atoms with van der Waals surface area (Å²) in [5.41, 5.74) is -0.597. The number of rotatable bonds is 3. The maximum absolute atomic E-state index is 11.8. The van der Waals surface area contributed by atoms with Crippen molar-refractivity contribution in [3.8, 4) is 11.4 Å². The summed E-state index contributed by atoms with van der Waals surface area (Å²) >= 11 is 5.60. The van der Waals surface area contributed by atoms with Crippen LogP contribution in [0.15, 0.2) is 39.9 Å². The molecule has 1 N–H and O–H groups in total. The van der Waals surface area contributed by atoms with Gasteiger partial charge in [-0.05, 0) is 38.1 Å². The van der Waals surface area contributed by atoms with Crippen LogP contribution in [0.4, 0.5) is 0 Å². The third kappa shape index (κ3) is 3.06. The zero-order valence-corrected chi connectivity index (χ0v) is 11.3. The third-order valence-electron chi connectivity index (χ3n) is 2.37. The molecule has 0 saturated heterocycles. The van der Waals surface area contributed by atoms with E-state index in [2.05, 4.69) is 4.98 Å². The number of benzene rings is 1. The third-order valence-corrected chi connectivity index (χ3v) is 2.57. The second-order valence-corrected chi connectivity index (χ2v) is 4.66. The predicted octanol–water partition coefficient (Wildman–Crippen LogP) is 1.97. The maximum Gasteiger partial charge on any atom is 0.334 e. The Morgan fingerprint density at radius 2 is 1.84 bits per heavy atom. The first kappa shape index (κ1) is 13.4. The largest absolute Gasteiger partial charge is 0.491 e. The molecule has 0 aliphatic heterocycles. The van der Waals surface area contributed by atoms with Crippen LogP contribution in [-0.4, -0.2) is 15.7 Å². The molecule has 1 aromatic heterocycles. The maximum atomic E-state index is 11.8. The highest BCUT2D eigenvalue weighted by Gasteiger charge is 2.06. The molecule has 0 bridgehead atoms. The quantitative estimate of drug-likeness (QED) is 0.874. The molecule has 0 amide bonds. The summed E-state index contributed by atoms with van der Waals surface area (Å²) in [6.07, 6.45) is 0.0625. The Hall–Kier alpha value is -2.01. The molecule has 6 heteroatoms. The lowest BCUT2D eigenvalue weighted by atomic mass is 10.3. The van der Waals surface area contributed by atoms with Gasteiger partial charge < -0.3 is 4.74 Å². The average Bonchev–Trinajstić information content (AvgIpc) is 2.29. The van der Waals surface area contributed by atoms with Crippen molar-refractivity contribution in [2.75, 3.05) is 0 Å². The summed E-state index contributed by atoms with van der Waals surface area (Å²) in [4.78, 5) is 25.8. The van der Waals surface area contributed by atoms with E-state index in [0.717, 1.165) is 10.6 Å². The van der Waals surface area contributed by atoms with Crippen LogP contribution >= 0.6 is 11.6 Å². The highest BCUT2D eigenvalue weighted by Crippen LogP contribution is 2.14. The van der Waals surface area contributed by atoms with Crippen LogP contribution in [0.3, 0.4) is 0 Å². The van der Waals surface area contributed by atoms with Crippen molar-refractivity contribution in [1.29, 1.82) is 0 Å². The lowest BCUT2D eigenvalue weighted by Crippen LogP contribution is -2.32. The number of aromatic amines is 1. The summed E-state index contributed by atoms with van der Waals surface area (Å²) in [7, 11) is 0. The Morgan fingerprint density at radius 1 is 1.21 bits per heavy atom. The van der Waals surface area contributed by atoms with Gasteiger partial charge in [-0.25, -0.2) is 9.36 Å². The first-order valence-electron chi connectivity index (χ1n) is 5.76. The number of nitrogens with one attached hydrogen (secondary N) is 1. The lowest BCUT2D eigenvalue weighted by molar-refractivity contribution is 0.242. The van der Waals surface area contributed by atoms with E-state index in [1.807, 2.05) is 13.8 Å². The summed E-state index contributed by atoms with van der Waals surface area (Å²) in [6, 6.07) is 7.84. The van der Waals surface area contributed by atoms with E-state index in [9.17, 15) is 9.59 Å². The van der Waals surface area contributed by atoms with Gasteiger partial charge in [0.05, 0.1) is 11.8 Å². The zero-order chi connectivity index (χ0) is 14.0. The molecule has 100 valence electrons. The summed E-state index contributed by atoms with van der Waals surface area (Å²) in [5, 5.41) is 0.0195. The number of aromatic nitrogens is 2. The minimum Gasteiger partial charge on any atom is -0.491 e. The van der Waals surface area contributed by atoms with Crippen molar-refractivity contribution in [3.63, 3.8) is 0 Å². The van der Waals surface area contributed by atoms with E-state index in [1.165, 1.54) is 0 Å². The Morgan fingerprint density at radius 3 is 2.37 bits per heavy atom. The van der Waals surface area contributed by atoms with Crippen molar-refractivity contribution < 1.29 is 4.74 Å². The van der Waals surface area contributed by atoms with Crippen molar-refractivity contribution in [1.82, 2.24) is 9.55 Å². The van der Waals surface area contributed by atoms with Crippen molar-refractivity contribution in [3.05, 3.63) is 56.3 Å². The fraction of sp³-hybridized carbons (Fsp3) is 0.231. The Labute approximate surface area is 114 Å². The fourth-order valence-electron chi connectivity index (χ4n) is 1.66. The first-order chi connectivity index (χ1) is 8.97. The molecule has 2 aromatic rings. The van der Waals surface area contributed by atoms with E-state index in [0.29, 0.717) is 11.4 Å². The second kappa shape index (κ2) is 5.32. The molecule has 0 fully saturated rings. The summed E-state index contributed by atoms with van der Waals surface area (Å²) in [6.45, 7) is 3.84. The second-order valence-electron chi connectivity index (χ2n) is 4.26. The molecule has 0 atom stereocenters. The van der Waals surface area contributed by atoms with Crippen LogP contribution in [-0.2, 0) is 0 Å². The topological polar surface area (TPSA) is 64.1 Å². The molecule has 0 unspecified atom stereocenters. The van der Waals surface area contributed by atoms with E-state index in [1.54, 1.807) is 24.3 Å². The molecule has 0 spiro atoms. The minimum atomic E-state index is -0.574. The molecule has 5 nitrogen and oxygen atoms in total. The van der Waals surface area contributed by atoms with Gasteiger partial charge in [-0.15, -0.1) is 0 Å². The molecule has 1 heterocycles. The Balaban J connectivity index is 2.44. The number of halogens is 1. The van der Waals surface area contributed by atoms with Gasteiger partial charge in [0.1, 0.15) is 10.9 Å². The predicted molar refractivity (Wildman–Crippen MR) is 73.4 cm³/mol. The normalized spacial score (nSPS) is 10.7. The van der Waals surface area contributed by atoms with Gasteiger partial charge in [0, 0.05) is 6.07 Å². The first-order valence-corrected chi connectivity index (χ1v) is 6.14. The van der Waals surface area contributed by atoms with Crippen LogP contribution in [0.1, 0.15) is 13.8 Å². The van der Waals surface area contributed by atoms with Crippen molar-refractivity contribution >= 4 is 11.6 Å². The van der Waals surface area contributed by atoms with E-state index in [-0.39, 0.29) is 11.3 Å². The number of hydrogen-bond acceptors (Lipinski definition) is 3. The lowest BCUT2D eigenvalue weighted by Gasteiger charge is -2.10. The van der Waals surface area contributed by atoms with Gasteiger partial charge in [-0.1, -0.05) is 11.6 Å². The molecule has 0 aliphatic rings. The summed E-state index contributed by atoms with van der Waals surface area (Å²) < 4.78 is 6.50. The standard InChI is InChI=1S/C13H13ClN2O3/c1-8(2)19-10-5-3-9(4-6-10)16-12(17)7-11(14)15-13(16)18/h3-8H,1-2H3,(H,15,18). The average molecular weight is 281 g/mol. The molecule has 2 rings (SSSR count). The van der Waals surface area contributed by atoms with Gasteiger partial charge >= 0.3 is 5.69 Å². The SMILES string of the molecule is CC(C)Oc1ccc(-n2c(=O)cc(Cl)[nH]c2=O)cc1. The van der Waals surface area contributed by atoms with Gasteiger partial charge in [-0.2, -0.15) is 0 Å². The monoisotopic (exact) mass is 280 g/mol. The molecule has 0 saturated carbocycles. The van der Waals surface area contributed by atoms with Gasteiger partial charge in [0.2, 0.25) is 0 Å². The van der Waals surface area contributed by atoms with Gasteiger partial charge in [-0.3, -0.25) is 9.78 Å². The molecule has 0 radical (unpaired) electrons. The number of nitrogens with zero attached hydrogens (tertiary/aromatic N) is 1. The van der Waals surface area contributed by atoms with Crippen LogP contribution in [0.5, 0.6) is 5.75 Å². The van der Waals surface area contributed by atoms with Gasteiger partial charge in [0.15, 0.2) is 0 Å². The van der Waals surface area contributed by atoms with Crippen LogP contribution < -0.4 is 16.0 Å². The highest BCUT2D eigenvalue weighted by molar-refractivity contribution is 6.29. The Bertz CT molecular complexity index is 655. The summed E-state index contributed by atoms with van der Waals surface area (Å²) in [5.74, 6) is 0.678. The van der Waals surface area contributed by atoms with Crippen LogP contribution in [0.2, 0.25) is 5.15 Å². The number of H-pyrrole nitrogens is 1. The molecule has 19 heavy (non-hydrogen) atoms. The van der Waals surface area contributed by atoms with Gasteiger partial charge in [0.25, 0.3) is 5.56 Å². The van der Waals surface area contributed by atoms with Crippen LogP contribution in [0.25, 0.3) is 5.69 Å². The van der Waals surface area contributed by atoms with Crippen molar-refractivity contribution in [2.24, 2.45) is 0 Å². The number of ether oxygens (including phenoxy) is 1. The van der Waals surface area contributed by atoms with Crippen molar-refractivity contribution in [2.45, 2.75) is 20.0 Å². The Kier molecular flexibility index (Phi) is 3.76. The van der Waals surface area contributed by atoms with E-state index < -0.39 is 11.2 Å². The number of hydrogen-bond donors (Lipinski definition) is 1. The minimum absolute atomic E-state index is 0.0195. The van der Waals surface area contributed by atoms with Crippen LogP contribution in [0, 0.1) is 0 Å². The molecule has 0 aliphatic carbocycles. The fourth-order valence-corrected chi connectivity index (χ4v) is 1.83.